The number of methoxy groups -OCH3 is 1. The maximum absolute atomic E-state index is 5.79. The first-order valence-electron chi connectivity index (χ1n) is 7.77. The lowest BCUT2D eigenvalue weighted by atomic mass is 9.92. The zero-order valence-electron chi connectivity index (χ0n) is 12.7. The normalized spacial score (nSPS) is 20.0. The first kappa shape index (κ1) is 15.3. The van der Waals surface area contributed by atoms with Crippen LogP contribution in [0.15, 0.2) is 24.3 Å². The summed E-state index contributed by atoms with van der Waals surface area (Å²) in [7, 11) is 1.72. The van der Waals surface area contributed by atoms with Gasteiger partial charge in [0.2, 0.25) is 0 Å². The van der Waals surface area contributed by atoms with Gasteiger partial charge in [-0.15, -0.1) is 0 Å². The average Bonchev–Trinajstić information content (AvgIpc) is 2.98. The van der Waals surface area contributed by atoms with E-state index in [0.717, 1.165) is 38.3 Å². The van der Waals surface area contributed by atoms with E-state index >= 15 is 0 Å². The quantitative estimate of drug-likeness (QED) is 0.792. The molecule has 1 heterocycles. The van der Waals surface area contributed by atoms with Gasteiger partial charge in [-0.3, -0.25) is 0 Å². The Balaban J connectivity index is 1.94. The molecular weight excluding hydrogens is 250 g/mol. The Bertz CT molecular complexity index is 388. The fourth-order valence-corrected chi connectivity index (χ4v) is 2.92. The first-order valence-corrected chi connectivity index (χ1v) is 7.77. The van der Waals surface area contributed by atoms with Crippen molar-refractivity contribution in [3.8, 4) is 5.75 Å². The van der Waals surface area contributed by atoms with Crippen molar-refractivity contribution in [1.82, 2.24) is 5.32 Å². The van der Waals surface area contributed by atoms with E-state index in [-0.39, 0.29) is 0 Å². The van der Waals surface area contributed by atoms with Gasteiger partial charge in [0.25, 0.3) is 0 Å². The van der Waals surface area contributed by atoms with Crippen LogP contribution in [0.5, 0.6) is 5.75 Å². The van der Waals surface area contributed by atoms with Gasteiger partial charge >= 0.3 is 0 Å². The predicted molar refractivity (Wildman–Crippen MR) is 82.3 cm³/mol. The van der Waals surface area contributed by atoms with Crippen LogP contribution in [0.4, 0.5) is 0 Å². The molecule has 2 unspecified atom stereocenters. The summed E-state index contributed by atoms with van der Waals surface area (Å²) >= 11 is 0. The molecule has 3 heteroatoms. The topological polar surface area (TPSA) is 30.5 Å². The lowest BCUT2D eigenvalue weighted by molar-refractivity contribution is 0.0893. The van der Waals surface area contributed by atoms with Gasteiger partial charge in [0.1, 0.15) is 5.75 Å². The molecule has 2 atom stereocenters. The number of rotatable bonds is 8. The van der Waals surface area contributed by atoms with Crippen LogP contribution in [0.2, 0.25) is 0 Å². The summed E-state index contributed by atoms with van der Waals surface area (Å²) in [6.07, 6.45) is 5.15. The summed E-state index contributed by atoms with van der Waals surface area (Å²) in [4.78, 5) is 0. The molecule has 112 valence electrons. The van der Waals surface area contributed by atoms with Crippen LogP contribution in [0.25, 0.3) is 0 Å². The van der Waals surface area contributed by atoms with Gasteiger partial charge in [0.05, 0.1) is 13.2 Å². The second-order valence-electron chi connectivity index (χ2n) is 5.60. The maximum atomic E-state index is 5.79. The second-order valence-corrected chi connectivity index (χ2v) is 5.60. The Labute approximate surface area is 122 Å². The van der Waals surface area contributed by atoms with Crippen molar-refractivity contribution in [3.05, 3.63) is 29.8 Å². The third-order valence-electron chi connectivity index (χ3n) is 3.96. The molecule has 0 amide bonds. The van der Waals surface area contributed by atoms with E-state index in [2.05, 4.69) is 30.4 Å². The molecule has 0 spiro atoms. The minimum atomic E-state index is 0.462. The fraction of sp³-hybridized carbons (Fsp3) is 0.647. The van der Waals surface area contributed by atoms with Gasteiger partial charge in [-0.25, -0.2) is 0 Å². The van der Waals surface area contributed by atoms with Gasteiger partial charge in [-0.05, 0) is 62.4 Å². The highest BCUT2D eigenvalue weighted by molar-refractivity contribution is 5.28. The van der Waals surface area contributed by atoms with Crippen LogP contribution in [-0.2, 0) is 11.2 Å². The molecule has 0 aromatic heterocycles. The number of ether oxygens (including phenoxy) is 2. The van der Waals surface area contributed by atoms with Crippen LogP contribution in [0, 0.1) is 5.92 Å². The summed E-state index contributed by atoms with van der Waals surface area (Å²) in [5, 5.41) is 3.48. The molecule has 3 nitrogen and oxygen atoms in total. The van der Waals surface area contributed by atoms with E-state index in [0.29, 0.717) is 12.0 Å². The molecule has 1 aliphatic heterocycles. The maximum Gasteiger partial charge on any atom is 0.119 e. The van der Waals surface area contributed by atoms with E-state index in [9.17, 15) is 0 Å². The Morgan fingerprint density at radius 1 is 1.45 bits per heavy atom. The van der Waals surface area contributed by atoms with Crippen molar-refractivity contribution in [3.63, 3.8) is 0 Å². The fourth-order valence-electron chi connectivity index (χ4n) is 2.92. The van der Waals surface area contributed by atoms with E-state index in [4.69, 9.17) is 9.47 Å². The third kappa shape index (κ3) is 4.80. The van der Waals surface area contributed by atoms with Crippen LogP contribution in [0.1, 0.15) is 31.7 Å². The highest BCUT2D eigenvalue weighted by Gasteiger charge is 2.21. The van der Waals surface area contributed by atoms with Gasteiger partial charge in [0.15, 0.2) is 0 Å². The SMILES string of the molecule is CCNCC(Cc1cccc(OC)c1)CC1CCCO1. The number of hydrogen-bond donors (Lipinski definition) is 1. The number of nitrogens with one attached hydrogen (secondary N) is 1. The Kier molecular flexibility index (Phi) is 6.34. The molecule has 2 rings (SSSR count). The second kappa shape index (κ2) is 8.28. The molecule has 0 saturated carbocycles. The molecule has 0 radical (unpaired) electrons. The minimum Gasteiger partial charge on any atom is -0.497 e. The Morgan fingerprint density at radius 2 is 2.35 bits per heavy atom. The molecular formula is C17H27NO2. The monoisotopic (exact) mass is 277 g/mol. The summed E-state index contributed by atoms with van der Waals surface area (Å²) in [5.41, 5.74) is 1.35. The van der Waals surface area contributed by atoms with Crippen LogP contribution >= 0.6 is 0 Å². The summed E-state index contributed by atoms with van der Waals surface area (Å²) in [5.74, 6) is 1.58. The van der Waals surface area contributed by atoms with E-state index in [1.54, 1.807) is 7.11 Å². The molecule has 1 N–H and O–H groups in total. The molecule has 1 saturated heterocycles. The molecule has 0 aliphatic carbocycles. The van der Waals surface area contributed by atoms with Crippen molar-refractivity contribution in [2.24, 2.45) is 5.92 Å². The number of hydrogen-bond acceptors (Lipinski definition) is 3. The van der Waals surface area contributed by atoms with Crippen molar-refractivity contribution < 1.29 is 9.47 Å². The molecule has 1 aromatic carbocycles. The summed E-state index contributed by atoms with van der Waals surface area (Å²) in [6.45, 7) is 5.19. The van der Waals surface area contributed by atoms with Gasteiger partial charge in [0, 0.05) is 6.61 Å². The molecule has 1 aromatic rings. The largest absolute Gasteiger partial charge is 0.497 e. The van der Waals surface area contributed by atoms with Crippen LogP contribution in [-0.4, -0.2) is 32.9 Å². The van der Waals surface area contributed by atoms with Crippen LogP contribution in [0.3, 0.4) is 0 Å². The Morgan fingerprint density at radius 3 is 3.05 bits per heavy atom. The van der Waals surface area contributed by atoms with E-state index in [1.807, 2.05) is 6.07 Å². The lowest BCUT2D eigenvalue weighted by Gasteiger charge is -2.21. The van der Waals surface area contributed by atoms with Crippen molar-refractivity contribution in [2.45, 2.75) is 38.7 Å². The molecule has 20 heavy (non-hydrogen) atoms. The highest BCUT2D eigenvalue weighted by Crippen LogP contribution is 2.23. The Hall–Kier alpha value is -1.06. The van der Waals surface area contributed by atoms with Crippen molar-refractivity contribution >= 4 is 0 Å². The van der Waals surface area contributed by atoms with E-state index in [1.165, 1.54) is 18.4 Å². The molecule has 1 fully saturated rings. The first-order chi connectivity index (χ1) is 9.81. The zero-order valence-corrected chi connectivity index (χ0v) is 12.7. The highest BCUT2D eigenvalue weighted by atomic mass is 16.5. The standard InChI is InChI=1S/C17H27NO2/c1-3-18-13-15(12-17-8-5-9-20-17)10-14-6-4-7-16(11-14)19-2/h4,6-7,11,15,17-18H,3,5,8-10,12-13H2,1-2H3. The molecule has 1 aliphatic rings. The van der Waals surface area contributed by atoms with Crippen molar-refractivity contribution in [1.29, 1.82) is 0 Å². The average molecular weight is 277 g/mol. The van der Waals surface area contributed by atoms with Crippen molar-refractivity contribution in [2.75, 3.05) is 26.8 Å². The number of benzene rings is 1. The smallest absolute Gasteiger partial charge is 0.119 e. The van der Waals surface area contributed by atoms with Gasteiger partial charge in [-0.1, -0.05) is 19.1 Å². The zero-order chi connectivity index (χ0) is 14.2. The lowest BCUT2D eigenvalue weighted by Crippen LogP contribution is -2.27. The predicted octanol–water partition coefficient (Wildman–Crippen LogP) is 3.03. The summed E-state index contributed by atoms with van der Waals surface area (Å²) in [6, 6.07) is 8.42. The third-order valence-corrected chi connectivity index (χ3v) is 3.96. The van der Waals surface area contributed by atoms with Gasteiger partial charge in [-0.2, -0.15) is 0 Å². The molecule has 0 bridgehead atoms. The van der Waals surface area contributed by atoms with Crippen LogP contribution < -0.4 is 10.1 Å². The minimum absolute atomic E-state index is 0.462. The van der Waals surface area contributed by atoms with Gasteiger partial charge < -0.3 is 14.8 Å². The van der Waals surface area contributed by atoms with E-state index < -0.39 is 0 Å². The summed E-state index contributed by atoms with van der Waals surface area (Å²) < 4.78 is 11.1.